The summed E-state index contributed by atoms with van der Waals surface area (Å²) in [4.78, 5) is 17.7. The van der Waals surface area contributed by atoms with E-state index in [9.17, 15) is 9.90 Å². The fourth-order valence-corrected chi connectivity index (χ4v) is 5.50. The van der Waals surface area contributed by atoms with Gasteiger partial charge in [0.2, 0.25) is 0 Å². The monoisotopic (exact) mass is 527 g/mol. The number of aliphatic imine (C=N–C) groups is 1. The van der Waals surface area contributed by atoms with Crippen molar-refractivity contribution < 1.29 is 14.6 Å². The van der Waals surface area contributed by atoms with Gasteiger partial charge in [-0.3, -0.25) is 9.79 Å². The van der Waals surface area contributed by atoms with E-state index < -0.39 is 11.4 Å². The van der Waals surface area contributed by atoms with Crippen molar-refractivity contribution in [3.05, 3.63) is 58.7 Å². The van der Waals surface area contributed by atoms with Crippen molar-refractivity contribution in [1.82, 2.24) is 9.88 Å². The molecule has 0 atom stereocenters. The summed E-state index contributed by atoms with van der Waals surface area (Å²) >= 11 is 7.90. The molecule has 0 fully saturated rings. The molecule has 1 aliphatic rings. The van der Waals surface area contributed by atoms with E-state index in [-0.39, 0.29) is 4.75 Å². The topological polar surface area (TPSA) is 75.8 Å². The molecule has 2 aromatic carbocycles. The number of carboxylic acids is 1. The number of halogens is 1. The largest absolute Gasteiger partial charge is 0.486 e. The van der Waals surface area contributed by atoms with Crippen molar-refractivity contribution in [2.45, 2.75) is 57.2 Å². The summed E-state index contributed by atoms with van der Waals surface area (Å²) in [6.07, 6.45) is 0.403. The third-order valence-corrected chi connectivity index (χ3v) is 7.58. The molecule has 1 aliphatic heterocycles. The van der Waals surface area contributed by atoms with Gasteiger partial charge in [0.1, 0.15) is 18.2 Å². The molecule has 2 N–H and O–H groups in total. The maximum atomic E-state index is 12.1. The summed E-state index contributed by atoms with van der Waals surface area (Å²) in [6.45, 7) is 12.7. The summed E-state index contributed by atoms with van der Waals surface area (Å²) in [6, 6.07) is 13.9. The molecule has 4 rings (SSSR count). The van der Waals surface area contributed by atoms with Gasteiger partial charge in [-0.15, -0.1) is 11.8 Å². The third-order valence-electron chi connectivity index (χ3n) is 6.06. The zero-order valence-corrected chi connectivity index (χ0v) is 23.1. The zero-order valence-electron chi connectivity index (χ0n) is 21.5. The number of ether oxygens (including phenoxy) is 1. The van der Waals surface area contributed by atoms with Crippen LogP contribution in [0.15, 0.2) is 52.4 Å². The summed E-state index contributed by atoms with van der Waals surface area (Å²) in [7, 11) is 0. The number of nitrogens with one attached hydrogen (secondary N) is 1. The van der Waals surface area contributed by atoms with E-state index in [2.05, 4.69) is 47.8 Å². The fraction of sp³-hybridized carbons (Fsp3) is 0.429. The second-order valence-electron chi connectivity index (χ2n) is 10.8. The standard InChI is InChI=1S/C28H34ClN3O3S/c1-27(2,3)36-25-21-14-20(35-17-24-30-12-13-31-24)10-11-22(21)32(16-18-6-8-19(29)9-7-18)23(25)15-28(4,5)26(33)34/h6-11,14H,12-13,15-17H2,1-5H3,(H,30,31)(H,33,34). The SMILES string of the molecule is CC(C)(C)Sc1c(CC(C)(C)C(=O)O)n(Cc2ccc(Cl)cc2)c2ccc(OCC3=NCCN3)cc12. The molecule has 1 aromatic heterocycles. The number of benzene rings is 2. The van der Waals surface area contributed by atoms with Crippen molar-refractivity contribution >= 4 is 46.1 Å². The highest BCUT2D eigenvalue weighted by atomic mass is 35.5. The molecule has 36 heavy (non-hydrogen) atoms. The Kier molecular flexibility index (Phi) is 7.62. The van der Waals surface area contributed by atoms with E-state index in [1.165, 1.54) is 0 Å². The Morgan fingerprint density at radius 1 is 1.17 bits per heavy atom. The van der Waals surface area contributed by atoms with Crippen molar-refractivity contribution in [1.29, 1.82) is 0 Å². The Labute approximate surface area is 222 Å². The van der Waals surface area contributed by atoms with Crippen LogP contribution in [0, 0.1) is 5.41 Å². The van der Waals surface area contributed by atoms with Gasteiger partial charge in [-0.1, -0.05) is 44.5 Å². The average molecular weight is 528 g/mol. The number of carboxylic acid groups (broad SMARTS) is 1. The van der Waals surface area contributed by atoms with E-state index >= 15 is 0 Å². The number of aromatic nitrogens is 1. The highest BCUT2D eigenvalue weighted by Crippen LogP contribution is 2.44. The highest BCUT2D eigenvalue weighted by molar-refractivity contribution is 8.00. The summed E-state index contributed by atoms with van der Waals surface area (Å²) in [5, 5.41) is 15.0. The molecule has 0 aliphatic carbocycles. The average Bonchev–Trinajstić information content (AvgIpc) is 3.41. The minimum atomic E-state index is -0.926. The first kappa shape index (κ1) is 26.4. The number of aliphatic carboxylic acids is 1. The van der Waals surface area contributed by atoms with E-state index in [0.29, 0.717) is 24.6 Å². The van der Waals surface area contributed by atoms with Crippen molar-refractivity contribution in [2.24, 2.45) is 10.4 Å². The number of thioether (sulfide) groups is 1. The summed E-state index contributed by atoms with van der Waals surface area (Å²) in [5.41, 5.74) is 2.25. The van der Waals surface area contributed by atoms with Crippen LogP contribution < -0.4 is 10.1 Å². The van der Waals surface area contributed by atoms with E-state index in [4.69, 9.17) is 16.3 Å². The minimum absolute atomic E-state index is 0.0686. The zero-order chi connectivity index (χ0) is 26.1. The molecule has 0 amide bonds. The number of nitrogens with zero attached hydrogens (tertiary/aromatic N) is 2. The molecule has 6 nitrogen and oxygen atoms in total. The lowest BCUT2D eigenvalue weighted by atomic mass is 9.88. The van der Waals surface area contributed by atoms with Crippen LogP contribution in [0.3, 0.4) is 0 Å². The molecule has 0 saturated heterocycles. The molecule has 0 bridgehead atoms. The first-order valence-corrected chi connectivity index (χ1v) is 13.3. The van der Waals surface area contributed by atoms with Crippen LogP contribution in [0.5, 0.6) is 5.75 Å². The smallest absolute Gasteiger partial charge is 0.309 e. The predicted molar refractivity (Wildman–Crippen MR) is 149 cm³/mol. The molecule has 2 heterocycles. The quantitative estimate of drug-likeness (QED) is 0.321. The van der Waals surface area contributed by atoms with E-state index in [1.54, 1.807) is 25.6 Å². The molecule has 3 aromatic rings. The lowest BCUT2D eigenvalue weighted by molar-refractivity contribution is -0.146. The van der Waals surface area contributed by atoms with Gasteiger partial charge in [0.15, 0.2) is 0 Å². The van der Waals surface area contributed by atoms with Gasteiger partial charge in [0, 0.05) is 50.8 Å². The van der Waals surface area contributed by atoms with Crippen LogP contribution in [-0.4, -0.2) is 45.9 Å². The van der Waals surface area contributed by atoms with E-state index in [1.807, 2.05) is 30.3 Å². The van der Waals surface area contributed by atoms with Crippen molar-refractivity contribution in [3.63, 3.8) is 0 Å². The summed E-state index contributed by atoms with van der Waals surface area (Å²) in [5.74, 6) is 0.817. The molecule has 0 saturated carbocycles. The van der Waals surface area contributed by atoms with Gasteiger partial charge < -0.3 is 19.7 Å². The first-order chi connectivity index (χ1) is 16.9. The van der Waals surface area contributed by atoms with Crippen LogP contribution >= 0.6 is 23.4 Å². The maximum absolute atomic E-state index is 12.1. The van der Waals surface area contributed by atoms with Gasteiger partial charge in [0.25, 0.3) is 0 Å². The number of fused-ring (bicyclic) bond motifs is 1. The molecule has 0 radical (unpaired) electrons. The third kappa shape index (κ3) is 6.19. The van der Waals surface area contributed by atoms with Gasteiger partial charge in [-0.2, -0.15) is 0 Å². The fourth-order valence-electron chi connectivity index (χ4n) is 4.18. The van der Waals surface area contributed by atoms with Gasteiger partial charge in [-0.25, -0.2) is 0 Å². The second kappa shape index (κ2) is 10.4. The molecular formula is C28H34ClN3O3S. The molecule has 0 spiro atoms. The highest BCUT2D eigenvalue weighted by Gasteiger charge is 2.32. The Bertz CT molecular complexity index is 1290. The number of amidine groups is 1. The lowest BCUT2D eigenvalue weighted by Crippen LogP contribution is -2.28. The molecular weight excluding hydrogens is 494 g/mol. The number of carbonyl (C=O) groups is 1. The van der Waals surface area contributed by atoms with Crippen LogP contribution in [0.4, 0.5) is 0 Å². The normalized spacial score (nSPS) is 14.1. The Morgan fingerprint density at radius 2 is 1.89 bits per heavy atom. The second-order valence-corrected chi connectivity index (χ2v) is 13.1. The maximum Gasteiger partial charge on any atom is 0.309 e. The van der Waals surface area contributed by atoms with Crippen molar-refractivity contribution in [2.75, 3.05) is 19.7 Å². The lowest BCUT2D eigenvalue weighted by Gasteiger charge is -2.24. The molecule has 8 heteroatoms. The van der Waals surface area contributed by atoms with Gasteiger partial charge in [0.05, 0.1) is 12.0 Å². The summed E-state index contributed by atoms with van der Waals surface area (Å²) < 4.78 is 8.27. The minimum Gasteiger partial charge on any atom is -0.486 e. The first-order valence-electron chi connectivity index (χ1n) is 12.1. The number of hydrogen-bond acceptors (Lipinski definition) is 5. The molecule has 0 unspecified atom stereocenters. The Morgan fingerprint density at radius 3 is 2.50 bits per heavy atom. The Balaban J connectivity index is 1.85. The van der Waals surface area contributed by atoms with Crippen LogP contribution in [0.25, 0.3) is 10.9 Å². The van der Waals surface area contributed by atoms with Crippen LogP contribution in [0.2, 0.25) is 5.02 Å². The molecule has 192 valence electrons. The van der Waals surface area contributed by atoms with Gasteiger partial charge >= 0.3 is 5.97 Å². The van der Waals surface area contributed by atoms with E-state index in [0.717, 1.165) is 51.7 Å². The number of rotatable bonds is 9. The number of hydrogen-bond donors (Lipinski definition) is 2. The van der Waals surface area contributed by atoms with Crippen molar-refractivity contribution in [3.8, 4) is 5.75 Å². The Hall–Kier alpha value is -2.64. The van der Waals surface area contributed by atoms with Crippen LogP contribution in [0.1, 0.15) is 45.9 Å². The van der Waals surface area contributed by atoms with Gasteiger partial charge in [-0.05, 0) is 49.7 Å². The predicted octanol–water partition coefficient (Wildman–Crippen LogP) is 6.27. The van der Waals surface area contributed by atoms with Crippen LogP contribution in [-0.2, 0) is 17.8 Å².